The van der Waals surface area contributed by atoms with E-state index in [0.29, 0.717) is 10.8 Å². The first-order valence-electron chi connectivity index (χ1n) is 4.04. The summed E-state index contributed by atoms with van der Waals surface area (Å²) in [6.45, 7) is 0. The van der Waals surface area contributed by atoms with Crippen molar-refractivity contribution in [3.05, 3.63) is 18.1 Å². The molecule has 0 aliphatic carbocycles. The standard InChI is InChI=1S/C8H9N3O2S2/c1-15(12,13)5-4-14-8-7(6-9)10-2-3-11-8/h2-3H,4-5H2,1H3. The Kier molecular flexibility index (Phi) is 4.05. The molecule has 80 valence electrons. The molecular weight excluding hydrogens is 234 g/mol. The van der Waals surface area contributed by atoms with E-state index in [0.717, 1.165) is 0 Å². The van der Waals surface area contributed by atoms with Crippen LogP contribution in [0.1, 0.15) is 5.69 Å². The van der Waals surface area contributed by atoms with Gasteiger partial charge in [-0.05, 0) is 0 Å². The van der Waals surface area contributed by atoms with Crippen molar-refractivity contribution in [2.24, 2.45) is 0 Å². The van der Waals surface area contributed by atoms with Gasteiger partial charge in [-0.15, -0.1) is 11.8 Å². The molecule has 7 heteroatoms. The van der Waals surface area contributed by atoms with Gasteiger partial charge >= 0.3 is 0 Å². The van der Waals surface area contributed by atoms with Crippen LogP contribution in [0, 0.1) is 11.3 Å². The average Bonchev–Trinajstić information content (AvgIpc) is 2.16. The first kappa shape index (κ1) is 11.9. The molecule has 0 bridgehead atoms. The molecule has 1 rings (SSSR count). The summed E-state index contributed by atoms with van der Waals surface area (Å²) in [6.07, 6.45) is 4.08. The van der Waals surface area contributed by atoms with Crippen LogP contribution in [-0.4, -0.2) is 36.1 Å². The Balaban J connectivity index is 2.63. The minimum Gasteiger partial charge on any atom is -0.245 e. The number of hydrogen-bond donors (Lipinski definition) is 0. The molecule has 0 aliphatic rings. The van der Waals surface area contributed by atoms with Gasteiger partial charge in [0, 0.05) is 24.4 Å². The summed E-state index contributed by atoms with van der Waals surface area (Å²) in [5, 5.41) is 9.17. The maximum absolute atomic E-state index is 10.9. The van der Waals surface area contributed by atoms with Gasteiger partial charge in [0.2, 0.25) is 0 Å². The third kappa shape index (κ3) is 4.27. The molecule has 0 radical (unpaired) electrons. The molecule has 0 spiro atoms. The SMILES string of the molecule is CS(=O)(=O)CCSc1nccnc1C#N. The largest absolute Gasteiger partial charge is 0.245 e. The van der Waals surface area contributed by atoms with Crippen molar-refractivity contribution in [2.75, 3.05) is 17.8 Å². The van der Waals surface area contributed by atoms with Crippen LogP contribution in [0.5, 0.6) is 0 Å². The molecule has 15 heavy (non-hydrogen) atoms. The Hall–Kier alpha value is -1.13. The van der Waals surface area contributed by atoms with Gasteiger partial charge in [0.05, 0.1) is 5.75 Å². The molecule has 1 heterocycles. The van der Waals surface area contributed by atoms with Crippen molar-refractivity contribution >= 4 is 21.6 Å². The van der Waals surface area contributed by atoms with Crippen LogP contribution in [0.4, 0.5) is 0 Å². The highest BCUT2D eigenvalue weighted by Gasteiger charge is 2.07. The van der Waals surface area contributed by atoms with Crippen molar-refractivity contribution in [1.29, 1.82) is 5.26 Å². The number of nitriles is 1. The fraction of sp³-hybridized carbons (Fsp3) is 0.375. The molecule has 0 saturated heterocycles. The Morgan fingerprint density at radius 2 is 2.13 bits per heavy atom. The van der Waals surface area contributed by atoms with E-state index in [2.05, 4.69) is 9.97 Å². The van der Waals surface area contributed by atoms with E-state index in [1.165, 1.54) is 30.4 Å². The Morgan fingerprint density at radius 1 is 1.47 bits per heavy atom. The molecule has 5 nitrogen and oxygen atoms in total. The van der Waals surface area contributed by atoms with Crippen LogP contribution in [0.3, 0.4) is 0 Å². The van der Waals surface area contributed by atoms with E-state index in [4.69, 9.17) is 5.26 Å². The minimum atomic E-state index is -2.97. The highest BCUT2D eigenvalue weighted by atomic mass is 32.2. The van der Waals surface area contributed by atoms with Crippen molar-refractivity contribution in [3.63, 3.8) is 0 Å². The van der Waals surface area contributed by atoms with Crippen molar-refractivity contribution in [3.8, 4) is 6.07 Å². The summed E-state index contributed by atoms with van der Waals surface area (Å²) < 4.78 is 21.7. The number of hydrogen-bond acceptors (Lipinski definition) is 6. The topological polar surface area (TPSA) is 83.7 Å². The third-order valence-electron chi connectivity index (χ3n) is 1.46. The lowest BCUT2D eigenvalue weighted by Gasteiger charge is -2.00. The molecule has 0 N–H and O–H groups in total. The van der Waals surface area contributed by atoms with Crippen molar-refractivity contribution < 1.29 is 8.42 Å². The van der Waals surface area contributed by atoms with Crippen LogP contribution in [0.15, 0.2) is 17.4 Å². The van der Waals surface area contributed by atoms with Crippen molar-refractivity contribution in [2.45, 2.75) is 5.03 Å². The van der Waals surface area contributed by atoms with E-state index in [-0.39, 0.29) is 11.4 Å². The van der Waals surface area contributed by atoms with Crippen LogP contribution >= 0.6 is 11.8 Å². The van der Waals surface area contributed by atoms with Gasteiger partial charge in [-0.25, -0.2) is 18.4 Å². The maximum atomic E-state index is 10.9. The molecule has 0 fully saturated rings. The van der Waals surface area contributed by atoms with Crippen LogP contribution in [-0.2, 0) is 9.84 Å². The lowest BCUT2D eigenvalue weighted by atomic mass is 10.5. The van der Waals surface area contributed by atoms with Crippen molar-refractivity contribution in [1.82, 2.24) is 9.97 Å². The smallest absolute Gasteiger partial charge is 0.172 e. The van der Waals surface area contributed by atoms with Crippen LogP contribution in [0.25, 0.3) is 0 Å². The zero-order valence-electron chi connectivity index (χ0n) is 8.04. The fourth-order valence-corrected chi connectivity index (χ4v) is 2.91. The zero-order valence-corrected chi connectivity index (χ0v) is 9.68. The quantitative estimate of drug-likeness (QED) is 0.715. The van der Waals surface area contributed by atoms with Gasteiger partial charge in [0.25, 0.3) is 0 Å². The number of sulfone groups is 1. The minimum absolute atomic E-state index is 0.0686. The summed E-state index contributed by atoms with van der Waals surface area (Å²) in [6, 6.07) is 1.90. The van der Waals surface area contributed by atoms with Gasteiger partial charge in [0.1, 0.15) is 20.9 Å². The second-order valence-electron chi connectivity index (χ2n) is 2.80. The predicted molar refractivity (Wildman–Crippen MR) is 57.2 cm³/mol. The average molecular weight is 243 g/mol. The summed E-state index contributed by atoms with van der Waals surface area (Å²) in [7, 11) is -2.97. The molecule has 0 aliphatic heterocycles. The van der Waals surface area contributed by atoms with Gasteiger partial charge < -0.3 is 0 Å². The Morgan fingerprint density at radius 3 is 2.73 bits per heavy atom. The number of thioether (sulfide) groups is 1. The van der Waals surface area contributed by atoms with E-state index in [1.54, 1.807) is 0 Å². The monoisotopic (exact) mass is 243 g/mol. The van der Waals surface area contributed by atoms with Gasteiger partial charge in [-0.1, -0.05) is 0 Å². The van der Waals surface area contributed by atoms with E-state index >= 15 is 0 Å². The maximum Gasteiger partial charge on any atom is 0.172 e. The summed E-state index contributed by atoms with van der Waals surface area (Å²) >= 11 is 1.22. The molecule has 1 aromatic heterocycles. The van der Waals surface area contributed by atoms with E-state index < -0.39 is 9.84 Å². The third-order valence-corrected chi connectivity index (χ3v) is 3.65. The fourth-order valence-electron chi connectivity index (χ4n) is 0.797. The molecule has 0 amide bonds. The summed E-state index contributed by atoms with van der Waals surface area (Å²) in [5.74, 6) is 0.450. The highest BCUT2D eigenvalue weighted by molar-refractivity contribution is 8.00. The molecular formula is C8H9N3O2S2. The molecule has 1 aromatic rings. The Bertz CT molecular complexity index is 479. The Labute approximate surface area is 92.5 Å². The first-order chi connectivity index (χ1) is 7.03. The lowest BCUT2D eigenvalue weighted by molar-refractivity contribution is 0.603. The lowest BCUT2D eigenvalue weighted by Crippen LogP contribution is -2.05. The number of aromatic nitrogens is 2. The highest BCUT2D eigenvalue weighted by Crippen LogP contribution is 2.17. The molecule has 0 saturated carbocycles. The molecule has 0 atom stereocenters. The molecule has 0 unspecified atom stereocenters. The van der Waals surface area contributed by atoms with E-state index in [1.807, 2.05) is 6.07 Å². The van der Waals surface area contributed by atoms with Crippen LogP contribution in [0.2, 0.25) is 0 Å². The normalized spacial score (nSPS) is 10.9. The second kappa shape index (κ2) is 5.09. The zero-order chi connectivity index (χ0) is 11.3. The predicted octanol–water partition coefficient (Wildman–Crippen LogP) is 0.485. The van der Waals surface area contributed by atoms with Crippen LogP contribution < -0.4 is 0 Å². The summed E-state index contributed by atoms with van der Waals surface area (Å²) in [5.41, 5.74) is 0.232. The number of rotatable bonds is 4. The second-order valence-corrected chi connectivity index (χ2v) is 6.14. The molecule has 0 aromatic carbocycles. The van der Waals surface area contributed by atoms with E-state index in [9.17, 15) is 8.42 Å². The summed E-state index contributed by atoms with van der Waals surface area (Å²) in [4.78, 5) is 7.77. The van der Waals surface area contributed by atoms with Gasteiger partial charge in [-0.2, -0.15) is 5.26 Å². The van der Waals surface area contributed by atoms with Gasteiger partial charge in [-0.3, -0.25) is 0 Å². The first-order valence-corrected chi connectivity index (χ1v) is 7.09. The number of nitrogens with zero attached hydrogens (tertiary/aromatic N) is 3. The van der Waals surface area contributed by atoms with Gasteiger partial charge in [0.15, 0.2) is 5.69 Å².